The lowest BCUT2D eigenvalue weighted by molar-refractivity contribution is -0.192. The molecule has 0 bridgehead atoms. The Bertz CT molecular complexity index is 592. The van der Waals surface area contributed by atoms with Gasteiger partial charge in [0.25, 0.3) is 0 Å². The molecule has 8 heteroatoms. The predicted octanol–water partition coefficient (Wildman–Crippen LogP) is 3.33. The number of carboxylic acids is 1. The van der Waals surface area contributed by atoms with Gasteiger partial charge in [-0.3, -0.25) is 10.1 Å². The van der Waals surface area contributed by atoms with Gasteiger partial charge >= 0.3 is 18.1 Å². The number of aliphatic carboxylic acids is 1. The molecule has 1 aromatic carbocycles. The van der Waals surface area contributed by atoms with Crippen molar-refractivity contribution in [2.24, 2.45) is 0 Å². The first-order valence-electron chi connectivity index (χ1n) is 8.34. The molecule has 5 nitrogen and oxygen atoms in total. The lowest BCUT2D eigenvalue weighted by Crippen LogP contribution is -2.50. The average Bonchev–Trinajstić information content (AvgIpc) is 3.05. The van der Waals surface area contributed by atoms with Gasteiger partial charge < -0.3 is 9.84 Å². The summed E-state index contributed by atoms with van der Waals surface area (Å²) >= 11 is 0. The number of carbonyl (C=O) groups excluding carboxylic acids is 1. The molecule has 1 fully saturated rings. The fraction of sp³-hybridized carbons (Fsp3) is 0.556. The topological polar surface area (TPSA) is 75.6 Å². The first-order chi connectivity index (χ1) is 12.1. The summed E-state index contributed by atoms with van der Waals surface area (Å²) in [6, 6.07) is 10.7. The number of hydrogen-bond donors (Lipinski definition) is 2. The van der Waals surface area contributed by atoms with E-state index in [1.165, 1.54) is 12.7 Å². The third kappa shape index (κ3) is 6.33. The van der Waals surface area contributed by atoms with Crippen LogP contribution in [0.5, 0.6) is 0 Å². The number of benzene rings is 1. The molecule has 1 heterocycles. The van der Waals surface area contributed by atoms with E-state index >= 15 is 0 Å². The van der Waals surface area contributed by atoms with Crippen LogP contribution in [0.25, 0.3) is 0 Å². The second kappa shape index (κ2) is 9.56. The smallest absolute Gasteiger partial charge is 0.475 e. The summed E-state index contributed by atoms with van der Waals surface area (Å²) in [5.74, 6) is -2.87. The molecule has 0 saturated carbocycles. The molecule has 26 heavy (non-hydrogen) atoms. The number of methoxy groups -OCH3 is 1. The fourth-order valence-electron chi connectivity index (χ4n) is 2.92. The van der Waals surface area contributed by atoms with Gasteiger partial charge in [-0.15, -0.1) is 0 Å². The Labute approximate surface area is 150 Å². The standard InChI is InChI=1S/C16H23NO2.C2HF3O2/c1-3-14-10-12-16(17-14,15(18)19-2)11-9-13-7-5-4-6-8-13;3-2(4,5)1(6)7/h4-8,14,17H,3,9-12H2,1-2H3;(H,6,7)/t14-,16+;/m0./s1. The first kappa shape index (κ1) is 22.0. The van der Waals surface area contributed by atoms with Gasteiger partial charge in [-0.05, 0) is 37.7 Å². The summed E-state index contributed by atoms with van der Waals surface area (Å²) in [5, 5.41) is 10.6. The maximum atomic E-state index is 12.1. The lowest BCUT2D eigenvalue weighted by Gasteiger charge is -2.27. The summed E-state index contributed by atoms with van der Waals surface area (Å²) in [7, 11) is 1.48. The van der Waals surface area contributed by atoms with Gasteiger partial charge in [0.1, 0.15) is 5.54 Å². The molecule has 2 atom stereocenters. The summed E-state index contributed by atoms with van der Waals surface area (Å²) in [4.78, 5) is 21.0. The van der Waals surface area contributed by atoms with E-state index in [1.54, 1.807) is 0 Å². The quantitative estimate of drug-likeness (QED) is 0.772. The van der Waals surface area contributed by atoms with Crippen molar-refractivity contribution in [1.29, 1.82) is 0 Å². The van der Waals surface area contributed by atoms with Crippen molar-refractivity contribution in [3.05, 3.63) is 35.9 Å². The van der Waals surface area contributed by atoms with Crippen molar-refractivity contribution in [2.45, 2.75) is 56.8 Å². The predicted molar refractivity (Wildman–Crippen MR) is 89.6 cm³/mol. The number of esters is 1. The maximum absolute atomic E-state index is 12.1. The molecular formula is C18H24F3NO4. The monoisotopic (exact) mass is 375 g/mol. The van der Waals surface area contributed by atoms with Crippen LogP contribution in [0.1, 0.15) is 38.2 Å². The van der Waals surface area contributed by atoms with Gasteiger partial charge in [-0.25, -0.2) is 4.79 Å². The van der Waals surface area contributed by atoms with Gasteiger partial charge in [0.15, 0.2) is 0 Å². The maximum Gasteiger partial charge on any atom is 0.490 e. The van der Waals surface area contributed by atoms with Crippen molar-refractivity contribution >= 4 is 11.9 Å². The largest absolute Gasteiger partial charge is 0.490 e. The Kier molecular flexibility index (Phi) is 8.08. The molecule has 0 unspecified atom stereocenters. The fourth-order valence-corrected chi connectivity index (χ4v) is 2.92. The zero-order chi connectivity index (χ0) is 19.8. The molecule has 2 N–H and O–H groups in total. The number of alkyl halides is 3. The SMILES string of the molecule is CC[C@H]1CC[C@](CCc2ccccc2)(C(=O)OC)N1.O=C(O)C(F)(F)F. The third-order valence-corrected chi connectivity index (χ3v) is 4.39. The molecule has 0 radical (unpaired) electrons. The number of carbonyl (C=O) groups is 2. The summed E-state index contributed by atoms with van der Waals surface area (Å²) < 4.78 is 36.8. The van der Waals surface area contributed by atoms with Crippen LogP contribution in [0.2, 0.25) is 0 Å². The molecule has 146 valence electrons. The van der Waals surface area contributed by atoms with Crippen molar-refractivity contribution < 1.29 is 32.6 Å². The Morgan fingerprint density at radius 2 is 1.88 bits per heavy atom. The molecular weight excluding hydrogens is 351 g/mol. The number of rotatable bonds is 5. The highest BCUT2D eigenvalue weighted by Gasteiger charge is 2.44. The highest BCUT2D eigenvalue weighted by atomic mass is 19.4. The van der Waals surface area contributed by atoms with E-state index in [-0.39, 0.29) is 5.97 Å². The van der Waals surface area contributed by atoms with Crippen molar-refractivity contribution in [1.82, 2.24) is 5.32 Å². The molecule has 2 rings (SSSR count). The lowest BCUT2D eigenvalue weighted by atomic mass is 9.90. The number of ether oxygens (including phenoxy) is 1. The number of carboxylic acid groups (broad SMARTS) is 1. The Morgan fingerprint density at radius 1 is 1.31 bits per heavy atom. The van der Waals surface area contributed by atoms with Crippen LogP contribution in [0, 0.1) is 0 Å². The van der Waals surface area contributed by atoms with E-state index in [0.29, 0.717) is 6.04 Å². The number of halogens is 3. The average molecular weight is 375 g/mol. The Balaban J connectivity index is 0.000000412. The van der Waals surface area contributed by atoms with E-state index in [1.807, 2.05) is 18.2 Å². The minimum absolute atomic E-state index is 0.112. The summed E-state index contributed by atoms with van der Waals surface area (Å²) in [6.07, 6.45) is -0.380. The second-order valence-electron chi connectivity index (χ2n) is 6.15. The zero-order valence-electron chi connectivity index (χ0n) is 14.8. The number of aryl methyl sites for hydroxylation is 1. The molecule has 1 aromatic rings. The Hall–Kier alpha value is -2.09. The first-order valence-corrected chi connectivity index (χ1v) is 8.34. The van der Waals surface area contributed by atoms with Gasteiger partial charge in [0.2, 0.25) is 0 Å². The Morgan fingerprint density at radius 3 is 2.31 bits per heavy atom. The molecule has 0 aromatic heterocycles. The van der Waals surface area contributed by atoms with Gasteiger partial charge in [-0.1, -0.05) is 37.3 Å². The van der Waals surface area contributed by atoms with E-state index in [0.717, 1.165) is 32.1 Å². The van der Waals surface area contributed by atoms with Crippen molar-refractivity contribution in [3.8, 4) is 0 Å². The highest BCUT2D eigenvalue weighted by Crippen LogP contribution is 2.30. The summed E-state index contributed by atoms with van der Waals surface area (Å²) in [6.45, 7) is 2.15. The highest BCUT2D eigenvalue weighted by molar-refractivity contribution is 5.81. The third-order valence-electron chi connectivity index (χ3n) is 4.39. The van der Waals surface area contributed by atoms with Crippen LogP contribution in [-0.2, 0) is 20.7 Å². The van der Waals surface area contributed by atoms with Crippen LogP contribution in [0.3, 0.4) is 0 Å². The van der Waals surface area contributed by atoms with Crippen LogP contribution >= 0.6 is 0 Å². The van der Waals surface area contributed by atoms with Crippen LogP contribution < -0.4 is 5.32 Å². The minimum Gasteiger partial charge on any atom is -0.475 e. The van der Waals surface area contributed by atoms with E-state index in [4.69, 9.17) is 14.6 Å². The normalized spacial score (nSPS) is 22.3. The zero-order valence-corrected chi connectivity index (χ0v) is 14.8. The number of hydrogen-bond acceptors (Lipinski definition) is 4. The second-order valence-corrected chi connectivity index (χ2v) is 6.15. The van der Waals surface area contributed by atoms with Crippen LogP contribution in [0.15, 0.2) is 30.3 Å². The molecule has 0 amide bonds. The van der Waals surface area contributed by atoms with E-state index in [2.05, 4.69) is 24.4 Å². The van der Waals surface area contributed by atoms with Crippen molar-refractivity contribution in [2.75, 3.05) is 7.11 Å². The van der Waals surface area contributed by atoms with E-state index in [9.17, 15) is 18.0 Å². The molecule has 0 aliphatic carbocycles. The van der Waals surface area contributed by atoms with Gasteiger partial charge in [-0.2, -0.15) is 13.2 Å². The van der Waals surface area contributed by atoms with Gasteiger partial charge in [0, 0.05) is 6.04 Å². The molecule has 1 aliphatic heterocycles. The minimum atomic E-state index is -5.08. The van der Waals surface area contributed by atoms with Crippen molar-refractivity contribution in [3.63, 3.8) is 0 Å². The van der Waals surface area contributed by atoms with Crippen LogP contribution in [0.4, 0.5) is 13.2 Å². The molecule has 1 aliphatic rings. The molecule has 1 saturated heterocycles. The molecule has 0 spiro atoms. The van der Waals surface area contributed by atoms with Crippen LogP contribution in [-0.4, -0.2) is 41.9 Å². The summed E-state index contributed by atoms with van der Waals surface area (Å²) in [5.41, 5.74) is 0.790. The number of nitrogens with one attached hydrogen (secondary N) is 1. The van der Waals surface area contributed by atoms with E-state index < -0.39 is 17.7 Å². The van der Waals surface area contributed by atoms with Gasteiger partial charge in [0.05, 0.1) is 7.11 Å².